The Kier molecular flexibility index (Phi) is 7.90. The Morgan fingerprint density at radius 2 is 1.85 bits per heavy atom. The second-order valence-electron chi connectivity index (χ2n) is 7.21. The average Bonchev–Trinajstić information content (AvgIpc) is 3.25. The smallest absolute Gasteiger partial charge is 0.259 e. The lowest BCUT2D eigenvalue weighted by Crippen LogP contribution is -2.31. The van der Waals surface area contributed by atoms with Gasteiger partial charge in [-0.15, -0.1) is 0 Å². The molecule has 1 amide bonds. The van der Waals surface area contributed by atoms with E-state index in [0.29, 0.717) is 17.3 Å². The topological polar surface area (TPSA) is 103 Å². The largest absolute Gasteiger partial charge is 0.493 e. The van der Waals surface area contributed by atoms with Gasteiger partial charge in [-0.25, -0.2) is 17.5 Å². The number of carbonyl (C=O) groups excluding carboxylic acids is 1. The molecule has 0 aliphatic rings. The van der Waals surface area contributed by atoms with Gasteiger partial charge in [0.2, 0.25) is 10.0 Å². The maximum atomic E-state index is 14.5. The lowest BCUT2D eigenvalue weighted by Gasteiger charge is -2.19. The van der Waals surface area contributed by atoms with Crippen LogP contribution in [0.15, 0.2) is 53.6 Å². The Morgan fingerprint density at radius 3 is 2.50 bits per heavy atom. The molecule has 0 aliphatic carbocycles. The predicted molar refractivity (Wildman–Crippen MR) is 125 cm³/mol. The molecule has 34 heavy (non-hydrogen) atoms. The van der Waals surface area contributed by atoms with E-state index in [1.807, 2.05) is 6.07 Å². The summed E-state index contributed by atoms with van der Waals surface area (Å²) in [4.78, 5) is 12.7. The maximum Gasteiger partial charge on any atom is 0.259 e. The number of methoxy groups -OCH3 is 2. The van der Waals surface area contributed by atoms with Gasteiger partial charge in [-0.05, 0) is 24.3 Å². The van der Waals surface area contributed by atoms with E-state index in [1.54, 1.807) is 32.0 Å². The van der Waals surface area contributed by atoms with Crippen molar-refractivity contribution in [3.8, 4) is 11.5 Å². The number of hydrogen-bond acceptors (Lipinski definition) is 6. The van der Waals surface area contributed by atoms with Crippen LogP contribution in [0.1, 0.15) is 29.8 Å². The maximum absolute atomic E-state index is 14.5. The van der Waals surface area contributed by atoms with Gasteiger partial charge in [-0.2, -0.15) is 9.40 Å². The summed E-state index contributed by atoms with van der Waals surface area (Å²) >= 11 is 0. The predicted octanol–water partition coefficient (Wildman–Crippen LogP) is 3.37. The van der Waals surface area contributed by atoms with E-state index >= 15 is 0 Å². The van der Waals surface area contributed by atoms with E-state index in [0.717, 1.165) is 23.8 Å². The van der Waals surface area contributed by atoms with Gasteiger partial charge in [-0.1, -0.05) is 26.0 Å². The minimum Gasteiger partial charge on any atom is -0.493 e. The lowest BCUT2D eigenvalue weighted by atomic mass is 10.2. The number of benzene rings is 2. The van der Waals surface area contributed by atoms with Crippen molar-refractivity contribution in [2.24, 2.45) is 0 Å². The van der Waals surface area contributed by atoms with Crippen LogP contribution in [0.25, 0.3) is 0 Å². The summed E-state index contributed by atoms with van der Waals surface area (Å²) in [5, 5.41) is 6.83. The highest BCUT2D eigenvalue weighted by atomic mass is 32.2. The van der Waals surface area contributed by atoms with E-state index in [4.69, 9.17) is 9.47 Å². The molecule has 0 saturated heterocycles. The first-order chi connectivity index (χ1) is 16.3. The molecule has 0 fully saturated rings. The quantitative estimate of drug-likeness (QED) is 0.468. The molecule has 0 bridgehead atoms. The molecular formula is C23H27FN4O5S. The number of nitrogens with zero attached hydrogens (tertiary/aromatic N) is 3. The van der Waals surface area contributed by atoms with E-state index in [2.05, 4.69) is 10.4 Å². The van der Waals surface area contributed by atoms with Crippen LogP contribution in [0.5, 0.6) is 11.5 Å². The summed E-state index contributed by atoms with van der Waals surface area (Å²) in [5.41, 5.74) is 0.361. The minimum absolute atomic E-state index is 0.155. The van der Waals surface area contributed by atoms with Gasteiger partial charge in [0, 0.05) is 24.7 Å². The van der Waals surface area contributed by atoms with E-state index in [1.165, 1.54) is 29.4 Å². The van der Waals surface area contributed by atoms with Gasteiger partial charge in [0.15, 0.2) is 11.5 Å². The summed E-state index contributed by atoms with van der Waals surface area (Å²) in [6.45, 7) is 4.16. The molecule has 0 spiro atoms. The number of ether oxygens (including phenoxy) is 2. The zero-order valence-electron chi connectivity index (χ0n) is 19.4. The van der Waals surface area contributed by atoms with E-state index < -0.39 is 21.7 Å². The third kappa shape index (κ3) is 5.05. The summed E-state index contributed by atoms with van der Waals surface area (Å²) in [6, 6.07) is 10.1. The van der Waals surface area contributed by atoms with Crippen molar-refractivity contribution < 1.29 is 27.1 Å². The first kappa shape index (κ1) is 25.2. The molecule has 3 aromatic rings. The number of halogens is 1. The molecular weight excluding hydrogens is 463 g/mol. The van der Waals surface area contributed by atoms with Crippen LogP contribution in [-0.2, 0) is 16.6 Å². The molecule has 0 atom stereocenters. The highest BCUT2D eigenvalue weighted by Gasteiger charge is 2.25. The molecule has 0 saturated carbocycles. The van der Waals surface area contributed by atoms with Crippen LogP contribution >= 0.6 is 0 Å². The second-order valence-corrected chi connectivity index (χ2v) is 9.15. The van der Waals surface area contributed by atoms with Crippen molar-refractivity contribution in [2.45, 2.75) is 25.3 Å². The third-order valence-corrected chi connectivity index (χ3v) is 7.33. The number of carbonyl (C=O) groups is 1. The molecule has 182 valence electrons. The molecule has 3 rings (SSSR count). The Hall–Kier alpha value is -3.44. The van der Waals surface area contributed by atoms with Gasteiger partial charge in [0.1, 0.15) is 11.6 Å². The average molecular weight is 491 g/mol. The molecule has 1 N–H and O–H groups in total. The normalized spacial score (nSPS) is 11.5. The second kappa shape index (κ2) is 10.7. The third-order valence-electron chi connectivity index (χ3n) is 5.29. The van der Waals surface area contributed by atoms with Crippen LogP contribution in [0.4, 0.5) is 10.2 Å². The van der Waals surface area contributed by atoms with Gasteiger partial charge in [0.25, 0.3) is 5.91 Å². The summed E-state index contributed by atoms with van der Waals surface area (Å²) in [6.07, 6.45) is 1.49. The first-order valence-corrected chi connectivity index (χ1v) is 12.0. The van der Waals surface area contributed by atoms with Gasteiger partial charge < -0.3 is 14.8 Å². The van der Waals surface area contributed by atoms with Crippen molar-refractivity contribution in [2.75, 3.05) is 32.6 Å². The molecule has 0 unspecified atom stereocenters. The van der Waals surface area contributed by atoms with Crippen molar-refractivity contribution in [1.29, 1.82) is 0 Å². The van der Waals surface area contributed by atoms with E-state index in [-0.39, 0.29) is 30.1 Å². The molecule has 0 radical (unpaired) electrons. The van der Waals surface area contributed by atoms with Gasteiger partial charge in [0.05, 0.1) is 37.4 Å². The molecule has 11 heteroatoms. The van der Waals surface area contributed by atoms with Crippen molar-refractivity contribution >= 4 is 21.7 Å². The number of aromatic nitrogens is 2. The van der Waals surface area contributed by atoms with Crippen molar-refractivity contribution in [3.63, 3.8) is 0 Å². The fourth-order valence-electron chi connectivity index (χ4n) is 3.54. The first-order valence-electron chi connectivity index (χ1n) is 10.6. The summed E-state index contributed by atoms with van der Waals surface area (Å²) < 4.78 is 53.6. The number of rotatable bonds is 10. The fourth-order valence-corrected chi connectivity index (χ4v) is 5.02. The number of anilines is 1. The van der Waals surface area contributed by atoms with Crippen LogP contribution in [0, 0.1) is 5.82 Å². The Bertz CT molecular complexity index is 1270. The monoisotopic (exact) mass is 490 g/mol. The number of para-hydroxylation sites is 1. The Balaban J connectivity index is 1.88. The molecule has 1 aromatic heterocycles. The molecule has 2 aromatic carbocycles. The molecule has 9 nitrogen and oxygen atoms in total. The van der Waals surface area contributed by atoms with Crippen LogP contribution in [0.3, 0.4) is 0 Å². The van der Waals surface area contributed by atoms with Gasteiger partial charge in [-0.3, -0.25) is 4.79 Å². The molecule has 0 aliphatic heterocycles. The number of sulfonamides is 1. The van der Waals surface area contributed by atoms with E-state index in [9.17, 15) is 17.6 Å². The fraction of sp³-hybridized carbons (Fsp3) is 0.304. The minimum atomic E-state index is -3.86. The number of hydrogen-bond donors (Lipinski definition) is 1. The lowest BCUT2D eigenvalue weighted by molar-refractivity contribution is 0.102. The van der Waals surface area contributed by atoms with Crippen molar-refractivity contribution in [3.05, 3.63) is 65.6 Å². The summed E-state index contributed by atoms with van der Waals surface area (Å²) in [5.74, 6) is -0.263. The summed E-state index contributed by atoms with van der Waals surface area (Å²) in [7, 11) is -0.801. The standard InChI is InChI=1S/C23H27FN4O5S/c1-5-27(6-2)34(30,31)17-10-11-19(24)18(14-17)23(29)26-21-12-13-25-28(21)15-16-8-7-9-20(32-3)22(16)33-4/h7-14H,5-6,15H2,1-4H3,(H,26,29). The highest BCUT2D eigenvalue weighted by Crippen LogP contribution is 2.31. The Labute approximate surface area is 198 Å². The van der Waals surface area contributed by atoms with Crippen LogP contribution in [-0.4, -0.2) is 55.7 Å². The SMILES string of the molecule is CCN(CC)S(=O)(=O)c1ccc(F)c(C(=O)Nc2ccnn2Cc2cccc(OC)c2OC)c1. The zero-order valence-corrected chi connectivity index (χ0v) is 20.2. The highest BCUT2D eigenvalue weighted by molar-refractivity contribution is 7.89. The Morgan fingerprint density at radius 1 is 1.12 bits per heavy atom. The number of amides is 1. The van der Waals surface area contributed by atoms with Crippen LogP contribution < -0.4 is 14.8 Å². The zero-order chi connectivity index (χ0) is 24.9. The van der Waals surface area contributed by atoms with Gasteiger partial charge >= 0.3 is 0 Å². The van der Waals surface area contributed by atoms with Crippen molar-refractivity contribution in [1.82, 2.24) is 14.1 Å². The van der Waals surface area contributed by atoms with Crippen LogP contribution in [0.2, 0.25) is 0 Å². The number of nitrogens with one attached hydrogen (secondary N) is 1. The molecule has 1 heterocycles.